The lowest BCUT2D eigenvalue weighted by molar-refractivity contribution is -0.153. The van der Waals surface area contributed by atoms with E-state index in [0.717, 1.165) is 77.6 Å². The molecule has 302 valence electrons. The first kappa shape index (κ1) is 60.0. The molecular weight excluding hydrogens is 618 g/mol. The number of ether oxygens (including phenoxy) is 4. The fraction of sp³-hybridized carbons (Fsp3) is 0.950. The molecule has 3 saturated heterocycles. The van der Waals surface area contributed by atoms with E-state index in [-0.39, 0.29) is 55.0 Å². The van der Waals surface area contributed by atoms with E-state index in [1.54, 1.807) is 0 Å². The summed E-state index contributed by atoms with van der Waals surface area (Å²) in [5.74, 6) is 0.149. The molecule has 9 heteroatoms. The van der Waals surface area contributed by atoms with Crippen LogP contribution in [0.4, 0.5) is 0 Å². The van der Waals surface area contributed by atoms with E-state index in [4.69, 9.17) is 25.7 Å². The molecule has 4 aliphatic rings. The first-order valence-corrected chi connectivity index (χ1v) is 18.1. The number of unbranched alkanes of at least 4 members (excludes halogenated alkanes) is 4. The first-order chi connectivity index (χ1) is 21.4. The number of rotatable bonds is 18. The van der Waals surface area contributed by atoms with Crippen LogP contribution in [-0.4, -0.2) is 76.3 Å². The van der Waals surface area contributed by atoms with E-state index in [0.29, 0.717) is 24.7 Å². The van der Waals surface area contributed by atoms with Crippen molar-refractivity contribution in [2.75, 3.05) is 46.0 Å². The van der Waals surface area contributed by atoms with Crippen molar-refractivity contribution in [3.63, 3.8) is 0 Å². The number of carbonyl (C=O) groups is 2. The minimum atomic E-state index is -0.365. The third-order valence-corrected chi connectivity index (χ3v) is 7.85. The molecule has 5 atom stereocenters. The van der Waals surface area contributed by atoms with Gasteiger partial charge in [0.05, 0.1) is 37.8 Å². The van der Waals surface area contributed by atoms with Crippen LogP contribution in [0.2, 0.25) is 0 Å². The summed E-state index contributed by atoms with van der Waals surface area (Å²) in [5, 5.41) is 3.31. The monoisotopic (exact) mass is 710 g/mol. The lowest BCUT2D eigenvalue weighted by Gasteiger charge is -2.17. The number of epoxide rings is 2. The molecule has 0 aromatic rings. The van der Waals surface area contributed by atoms with Gasteiger partial charge in [-0.25, -0.2) is 0 Å². The third-order valence-electron chi connectivity index (χ3n) is 7.85. The summed E-state index contributed by atoms with van der Waals surface area (Å²) in [5.41, 5.74) is 10.4. The highest BCUT2D eigenvalue weighted by atomic mass is 16.6. The molecule has 5 N–H and O–H groups in total. The van der Waals surface area contributed by atoms with Gasteiger partial charge in [0.25, 0.3) is 0 Å². The number of fused-ring (bicyclic) bond motifs is 1. The Morgan fingerprint density at radius 2 is 1.33 bits per heavy atom. The molecular formula is C40H91N3O6. The van der Waals surface area contributed by atoms with Gasteiger partial charge in [0.15, 0.2) is 0 Å². The molecule has 9 nitrogen and oxygen atoms in total. The van der Waals surface area contributed by atoms with Crippen molar-refractivity contribution in [3.05, 3.63) is 0 Å². The van der Waals surface area contributed by atoms with Gasteiger partial charge in [0.1, 0.15) is 6.10 Å². The highest BCUT2D eigenvalue weighted by Crippen LogP contribution is 2.40. The number of hydrogen-bond acceptors (Lipinski definition) is 9. The van der Waals surface area contributed by atoms with Gasteiger partial charge in [-0.05, 0) is 83.5 Å². The molecule has 1 saturated carbocycles. The normalized spacial score (nSPS) is 21.7. The molecule has 5 unspecified atom stereocenters. The van der Waals surface area contributed by atoms with E-state index in [1.807, 2.05) is 0 Å². The Hall–Kier alpha value is -1.10. The van der Waals surface area contributed by atoms with Crippen LogP contribution in [-0.2, 0) is 28.5 Å². The number of nitrogens with one attached hydrogen (secondary N) is 1. The second-order valence-electron chi connectivity index (χ2n) is 12.3. The summed E-state index contributed by atoms with van der Waals surface area (Å²) in [6.45, 7) is 17.3. The minimum absolute atomic E-state index is 0. The van der Waals surface area contributed by atoms with E-state index >= 15 is 0 Å². The summed E-state index contributed by atoms with van der Waals surface area (Å²) < 4.78 is 20.1. The summed E-state index contributed by atoms with van der Waals surface area (Å²) in [7, 11) is 0. The number of hydrogen-bond donors (Lipinski definition) is 3. The van der Waals surface area contributed by atoms with Gasteiger partial charge in [-0.1, -0.05) is 117 Å². The van der Waals surface area contributed by atoms with E-state index in [2.05, 4.69) is 44.7 Å². The lowest BCUT2D eigenvalue weighted by Crippen LogP contribution is -2.19. The maximum absolute atomic E-state index is 10.8. The fourth-order valence-electron chi connectivity index (χ4n) is 4.83. The van der Waals surface area contributed by atoms with Crippen molar-refractivity contribution in [2.45, 2.75) is 193 Å². The number of carbonyl (C=O) groups excluding carboxylic acids is 2. The minimum Gasteiger partial charge on any atom is -0.393 e. The Morgan fingerprint density at radius 1 is 0.735 bits per heavy atom. The van der Waals surface area contributed by atoms with Crippen LogP contribution in [0.5, 0.6) is 0 Å². The van der Waals surface area contributed by atoms with Gasteiger partial charge in [0, 0.05) is 6.61 Å². The average Bonchev–Trinajstić information content (AvgIpc) is 3.95. The molecule has 3 aliphatic heterocycles. The molecule has 0 spiro atoms. The van der Waals surface area contributed by atoms with Crippen LogP contribution in [0.3, 0.4) is 0 Å². The second-order valence-corrected chi connectivity index (χ2v) is 12.3. The highest BCUT2D eigenvalue weighted by Gasteiger charge is 2.43. The van der Waals surface area contributed by atoms with Crippen LogP contribution in [0.15, 0.2) is 0 Å². The number of esters is 2. The van der Waals surface area contributed by atoms with E-state index in [9.17, 15) is 9.59 Å². The second kappa shape index (κ2) is 43.1. The van der Waals surface area contributed by atoms with Gasteiger partial charge in [0.2, 0.25) is 0 Å². The maximum atomic E-state index is 10.8. The van der Waals surface area contributed by atoms with Crippen LogP contribution in [0.25, 0.3) is 0 Å². The van der Waals surface area contributed by atoms with Crippen molar-refractivity contribution >= 4 is 11.9 Å². The summed E-state index contributed by atoms with van der Waals surface area (Å²) in [6.07, 6.45) is 20.3. The standard InChI is InChI=1S/C9H16O.C8H12O3.C7H18N2.C7H14O2.C4H11N.5CH4/c1-2-3-7-4-5-8-9(6-7)10-8;1-2-3-4-6-5-7(9)11-8(6)10;1-2-3-6-9-7-4-5-8;1-2-3-4-8-5-7-6-9-7;1-2-3-4-5;;;;;/h7-9H,2-6H2,1H3;6H,2-5H2,1H3;9H,2-8H2,1H3;7H,2-6H2,1H3;2-5H2,1H3;5*1H4. The lowest BCUT2D eigenvalue weighted by atomic mass is 9.86. The number of cyclic esters (lactones) is 2. The molecule has 4 rings (SSSR count). The van der Waals surface area contributed by atoms with Crippen LogP contribution in [0.1, 0.15) is 174 Å². The molecule has 0 amide bonds. The Labute approximate surface area is 307 Å². The first-order valence-electron chi connectivity index (χ1n) is 18.1. The summed E-state index contributed by atoms with van der Waals surface area (Å²) in [6, 6.07) is 0. The molecule has 0 bridgehead atoms. The summed E-state index contributed by atoms with van der Waals surface area (Å²) >= 11 is 0. The van der Waals surface area contributed by atoms with Crippen molar-refractivity contribution in [3.8, 4) is 0 Å². The van der Waals surface area contributed by atoms with Crippen molar-refractivity contribution in [2.24, 2.45) is 23.3 Å². The van der Waals surface area contributed by atoms with Gasteiger partial charge >= 0.3 is 11.9 Å². The smallest absolute Gasteiger partial charge is 0.317 e. The van der Waals surface area contributed by atoms with Gasteiger partial charge in [-0.3, -0.25) is 9.59 Å². The Kier molecular flexibility index (Phi) is 52.7. The summed E-state index contributed by atoms with van der Waals surface area (Å²) in [4.78, 5) is 21.4. The van der Waals surface area contributed by atoms with Crippen molar-refractivity contribution in [1.82, 2.24) is 5.32 Å². The van der Waals surface area contributed by atoms with Crippen LogP contribution < -0.4 is 16.8 Å². The zero-order valence-corrected chi connectivity index (χ0v) is 29.3. The highest BCUT2D eigenvalue weighted by molar-refractivity contribution is 5.94. The fourth-order valence-corrected chi connectivity index (χ4v) is 4.83. The van der Waals surface area contributed by atoms with Crippen molar-refractivity contribution in [1.29, 1.82) is 0 Å². The number of nitrogens with two attached hydrogens (primary N) is 2. The van der Waals surface area contributed by atoms with Crippen LogP contribution >= 0.6 is 0 Å². The van der Waals surface area contributed by atoms with E-state index in [1.165, 1.54) is 70.6 Å². The molecule has 0 radical (unpaired) electrons. The largest absolute Gasteiger partial charge is 0.393 e. The predicted molar refractivity (Wildman–Crippen MR) is 214 cm³/mol. The zero-order chi connectivity index (χ0) is 32.8. The van der Waals surface area contributed by atoms with Gasteiger partial charge < -0.3 is 35.7 Å². The van der Waals surface area contributed by atoms with E-state index < -0.39 is 0 Å². The molecule has 0 aromatic heterocycles. The maximum Gasteiger partial charge on any atom is 0.317 e. The van der Waals surface area contributed by atoms with Gasteiger partial charge in [-0.15, -0.1) is 0 Å². The molecule has 49 heavy (non-hydrogen) atoms. The molecule has 4 fully saturated rings. The SMILES string of the molecule is C.C.C.C.C.CCCC1CCC2OC2C1.CCCCC1CC(=O)OC1=O.CCCCN.CCCCNCCCN.CCCCOCC1CO1. The Balaban J connectivity index is -0.000000117. The Morgan fingerprint density at radius 3 is 1.78 bits per heavy atom. The Bertz CT molecular complexity index is 658. The molecule has 1 aliphatic carbocycles. The quantitative estimate of drug-likeness (QED) is 0.0549. The molecule has 0 aromatic carbocycles. The zero-order valence-electron chi connectivity index (χ0n) is 29.3. The molecule has 3 heterocycles. The third kappa shape index (κ3) is 38.0. The predicted octanol–water partition coefficient (Wildman–Crippen LogP) is 9.47. The average molecular weight is 710 g/mol. The van der Waals surface area contributed by atoms with Crippen LogP contribution in [0, 0.1) is 11.8 Å². The van der Waals surface area contributed by atoms with Gasteiger partial charge in [-0.2, -0.15) is 0 Å². The van der Waals surface area contributed by atoms with Crippen molar-refractivity contribution < 1.29 is 28.5 Å². The topological polar surface area (TPSA) is 142 Å².